The number of piperazine rings is 1. The van der Waals surface area contributed by atoms with Crippen LogP contribution in [0.4, 0.5) is 10.5 Å². The summed E-state index contributed by atoms with van der Waals surface area (Å²) in [5.74, 6) is -0.523. The molecule has 0 spiro atoms. The molecule has 0 aromatic heterocycles. The van der Waals surface area contributed by atoms with Gasteiger partial charge in [0.05, 0.1) is 28.8 Å². The van der Waals surface area contributed by atoms with E-state index in [-0.39, 0.29) is 24.8 Å². The third kappa shape index (κ3) is 3.93. The van der Waals surface area contributed by atoms with Crippen LogP contribution in [0.15, 0.2) is 36.4 Å². The van der Waals surface area contributed by atoms with E-state index in [1.54, 1.807) is 0 Å². The lowest BCUT2D eigenvalue weighted by Crippen LogP contribution is -2.56. The van der Waals surface area contributed by atoms with Gasteiger partial charge in [-0.25, -0.2) is 14.8 Å². The zero-order valence-corrected chi connectivity index (χ0v) is 20.6. The quantitative estimate of drug-likeness (QED) is 0.674. The van der Waals surface area contributed by atoms with Crippen molar-refractivity contribution < 1.29 is 14.4 Å². The minimum atomic E-state index is -0.546. The van der Waals surface area contributed by atoms with Crippen LogP contribution in [0.3, 0.4) is 0 Å². The Morgan fingerprint density at radius 1 is 0.971 bits per heavy atom. The Morgan fingerprint density at radius 3 is 2.49 bits per heavy atom. The Bertz CT molecular complexity index is 1220. The number of imide groups is 1. The number of anilines is 1. The maximum atomic E-state index is 12.9. The second-order valence-electron chi connectivity index (χ2n) is 9.64. The molecule has 35 heavy (non-hydrogen) atoms. The SMILES string of the molecule is O=C1CCN(N2Cc3cc(CN4CC5CCC(C4)N5c4cccc(Cl)c4Cl)ccc3C2=O)C(=O)N1. The molecule has 2 atom stereocenters. The predicted molar refractivity (Wildman–Crippen MR) is 132 cm³/mol. The molecular weight excluding hydrogens is 489 g/mol. The summed E-state index contributed by atoms with van der Waals surface area (Å²) in [6.45, 7) is 3.20. The summed E-state index contributed by atoms with van der Waals surface area (Å²) < 4.78 is 0. The molecule has 0 radical (unpaired) electrons. The second kappa shape index (κ2) is 8.69. The Hall–Kier alpha value is -2.81. The van der Waals surface area contributed by atoms with Crippen LogP contribution in [0.2, 0.25) is 10.0 Å². The van der Waals surface area contributed by atoms with Crippen molar-refractivity contribution in [1.29, 1.82) is 0 Å². The predicted octanol–water partition coefficient (Wildman–Crippen LogP) is 3.66. The van der Waals surface area contributed by atoms with E-state index >= 15 is 0 Å². The zero-order valence-electron chi connectivity index (χ0n) is 19.0. The highest BCUT2D eigenvalue weighted by Gasteiger charge is 2.41. The van der Waals surface area contributed by atoms with Crippen LogP contribution in [0.1, 0.15) is 40.7 Å². The molecule has 182 valence electrons. The number of hydrogen-bond acceptors (Lipinski definition) is 5. The highest BCUT2D eigenvalue weighted by Crippen LogP contribution is 2.41. The minimum Gasteiger partial charge on any atom is -0.362 e. The number of nitrogens with zero attached hydrogens (tertiary/aromatic N) is 4. The molecule has 4 aliphatic rings. The van der Waals surface area contributed by atoms with E-state index < -0.39 is 6.03 Å². The molecule has 3 fully saturated rings. The van der Waals surface area contributed by atoms with Crippen LogP contribution >= 0.6 is 23.2 Å². The highest BCUT2D eigenvalue weighted by atomic mass is 35.5. The molecule has 10 heteroatoms. The largest absolute Gasteiger partial charge is 0.362 e. The first-order valence-corrected chi connectivity index (χ1v) is 12.6. The number of benzene rings is 2. The van der Waals surface area contributed by atoms with Gasteiger partial charge in [-0.15, -0.1) is 0 Å². The monoisotopic (exact) mass is 513 g/mol. The van der Waals surface area contributed by atoms with E-state index in [0.717, 1.165) is 49.3 Å². The molecule has 8 nitrogen and oxygen atoms in total. The fourth-order valence-corrected chi connectivity index (χ4v) is 6.29. The number of hydrazine groups is 1. The lowest BCUT2D eigenvalue weighted by atomic mass is 10.0. The average Bonchev–Trinajstić information content (AvgIpc) is 3.28. The lowest BCUT2D eigenvalue weighted by Gasteiger charge is -2.43. The van der Waals surface area contributed by atoms with E-state index in [4.69, 9.17) is 23.2 Å². The van der Waals surface area contributed by atoms with Crippen molar-refractivity contribution in [3.8, 4) is 0 Å². The van der Waals surface area contributed by atoms with Gasteiger partial charge < -0.3 is 4.90 Å². The highest BCUT2D eigenvalue weighted by molar-refractivity contribution is 6.43. The van der Waals surface area contributed by atoms with Crippen LogP contribution in [-0.4, -0.2) is 64.5 Å². The summed E-state index contributed by atoms with van der Waals surface area (Å²) in [6.07, 6.45) is 2.43. The maximum Gasteiger partial charge on any atom is 0.342 e. The van der Waals surface area contributed by atoms with Crippen molar-refractivity contribution >= 4 is 46.7 Å². The van der Waals surface area contributed by atoms with Crippen molar-refractivity contribution in [3.63, 3.8) is 0 Å². The van der Waals surface area contributed by atoms with Gasteiger partial charge >= 0.3 is 6.03 Å². The van der Waals surface area contributed by atoms with Crippen molar-refractivity contribution in [1.82, 2.24) is 20.2 Å². The summed E-state index contributed by atoms with van der Waals surface area (Å²) in [5, 5.41) is 6.26. The molecular formula is C25H25Cl2N5O3. The smallest absolute Gasteiger partial charge is 0.342 e. The topological polar surface area (TPSA) is 76.2 Å². The standard InChI is InChI=1S/C25H25Cl2N5O3/c26-20-2-1-3-21(23(20)27)32-17-5-6-18(32)14-29(13-17)11-15-4-7-19-16(10-15)12-31(24(19)34)30-9-8-22(33)28-25(30)35/h1-4,7,10,17-18H,5-6,8-9,11-14H2,(H,28,33,35). The first kappa shape index (κ1) is 22.6. The number of carbonyl (C=O) groups is 3. The number of likely N-dealkylation sites (tertiary alicyclic amines) is 1. The first-order valence-electron chi connectivity index (χ1n) is 11.9. The van der Waals surface area contributed by atoms with Gasteiger partial charge in [-0.2, -0.15) is 0 Å². The average molecular weight is 514 g/mol. The number of rotatable bonds is 4. The summed E-state index contributed by atoms with van der Waals surface area (Å²) in [5.41, 5.74) is 3.68. The van der Waals surface area contributed by atoms with Gasteiger partial charge in [-0.05, 0) is 42.2 Å². The fraction of sp³-hybridized carbons (Fsp3) is 0.400. The Morgan fingerprint density at radius 2 is 1.74 bits per heavy atom. The molecule has 2 aromatic carbocycles. The van der Waals surface area contributed by atoms with E-state index in [1.165, 1.54) is 10.0 Å². The van der Waals surface area contributed by atoms with Gasteiger partial charge in [0.15, 0.2) is 0 Å². The van der Waals surface area contributed by atoms with E-state index in [1.807, 2.05) is 24.3 Å². The van der Waals surface area contributed by atoms with Gasteiger partial charge in [-0.3, -0.25) is 19.8 Å². The van der Waals surface area contributed by atoms with Crippen LogP contribution in [0, 0.1) is 0 Å². The van der Waals surface area contributed by atoms with Gasteiger partial charge in [0.1, 0.15) is 0 Å². The number of amides is 4. The van der Waals surface area contributed by atoms with Crippen LogP contribution < -0.4 is 10.2 Å². The molecule has 2 unspecified atom stereocenters. The number of urea groups is 1. The van der Waals surface area contributed by atoms with Crippen molar-refractivity contribution in [2.75, 3.05) is 24.5 Å². The molecule has 4 heterocycles. The summed E-state index contributed by atoms with van der Waals surface area (Å²) >= 11 is 12.8. The third-order valence-electron chi connectivity index (χ3n) is 7.45. The van der Waals surface area contributed by atoms with E-state index in [2.05, 4.69) is 27.2 Å². The molecule has 1 N–H and O–H groups in total. The normalized spacial score (nSPS) is 24.3. The Kier molecular flexibility index (Phi) is 5.62. The Labute approximate surface area is 213 Å². The van der Waals surface area contributed by atoms with Gasteiger partial charge in [0.2, 0.25) is 5.91 Å². The molecule has 2 bridgehead atoms. The van der Waals surface area contributed by atoms with Gasteiger partial charge in [-0.1, -0.05) is 41.4 Å². The fourth-order valence-electron chi connectivity index (χ4n) is 5.90. The number of hydrogen-bond donors (Lipinski definition) is 1. The Balaban J connectivity index is 1.15. The molecule has 4 aliphatic heterocycles. The van der Waals surface area contributed by atoms with E-state index in [0.29, 0.717) is 34.2 Å². The summed E-state index contributed by atoms with van der Waals surface area (Å²) in [4.78, 5) is 41.5. The number of halogens is 2. The zero-order chi connectivity index (χ0) is 24.3. The number of fused-ring (bicyclic) bond motifs is 3. The molecule has 0 aliphatic carbocycles. The molecule has 6 rings (SSSR count). The molecule has 4 amide bonds. The first-order chi connectivity index (χ1) is 16.9. The number of carbonyl (C=O) groups excluding carboxylic acids is 3. The summed E-state index contributed by atoms with van der Waals surface area (Å²) in [6, 6.07) is 12.0. The molecule has 0 saturated carbocycles. The third-order valence-corrected chi connectivity index (χ3v) is 8.26. The molecule has 3 saturated heterocycles. The summed E-state index contributed by atoms with van der Waals surface area (Å²) in [7, 11) is 0. The van der Waals surface area contributed by atoms with Crippen molar-refractivity contribution in [3.05, 3.63) is 63.1 Å². The van der Waals surface area contributed by atoms with E-state index in [9.17, 15) is 14.4 Å². The van der Waals surface area contributed by atoms with Crippen LogP contribution in [-0.2, 0) is 17.9 Å². The minimum absolute atomic E-state index is 0.186. The van der Waals surface area contributed by atoms with Crippen molar-refractivity contribution in [2.24, 2.45) is 0 Å². The van der Waals surface area contributed by atoms with Gasteiger partial charge in [0.25, 0.3) is 5.91 Å². The van der Waals surface area contributed by atoms with Crippen LogP contribution in [0.5, 0.6) is 0 Å². The van der Waals surface area contributed by atoms with Crippen molar-refractivity contribution in [2.45, 2.75) is 44.4 Å². The lowest BCUT2D eigenvalue weighted by molar-refractivity contribution is -0.123. The van der Waals surface area contributed by atoms with Gasteiger partial charge in [0, 0.05) is 43.7 Å². The number of nitrogens with one attached hydrogen (secondary N) is 1. The van der Waals surface area contributed by atoms with Crippen LogP contribution in [0.25, 0.3) is 0 Å². The second-order valence-corrected chi connectivity index (χ2v) is 10.4. The molecule has 2 aromatic rings. The maximum absolute atomic E-state index is 12.9.